The predicted octanol–water partition coefficient (Wildman–Crippen LogP) is 3.57. The van der Waals surface area contributed by atoms with E-state index in [1.807, 2.05) is 12.1 Å². The minimum absolute atomic E-state index is 0.107. The molecule has 22 heavy (non-hydrogen) atoms. The van der Waals surface area contributed by atoms with Gasteiger partial charge in [-0.2, -0.15) is 5.26 Å². The smallest absolute Gasteiger partial charge is 0.259 e. The van der Waals surface area contributed by atoms with Crippen molar-refractivity contribution in [3.63, 3.8) is 0 Å². The zero-order valence-electron chi connectivity index (χ0n) is 11.5. The summed E-state index contributed by atoms with van der Waals surface area (Å²) in [6.45, 7) is 0. The van der Waals surface area contributed by atoms with E-state index in [4.69, 9.17) is 11.0 Å². The van der Waals surface area contributed by atoms with Crippen molar-refractivity contribution < 1.29 is 9.18 Å². The fourth-order valence-electron chi connectivity index (χ4n) is 1.99. The van der Waals surface area contributed by atoms with E-state index in [1.54, 1.807) is 24.3 Å². The quantitative estimate of drug-likeness (QED) is 0.670. The van der Waals surface area contributed by atoms with Gasteiger partial charge in [-0.1, -0.05) is 40.2 Å². The number of benzene rings is 2. The normalized spacial score (nSPS) is 11.0. The van der Waals surface area contributed by atoms with Gasteiger partial charge in [0.2, 0.25) is 0 Å². The summed E-state index contributed by atoms with van der Waals surface area (Å²) >= 11 is 3.45. The molecule has 3 nitrogen and oxygen atoms in total. The van der Waals surface area contributed by atoms with Crippen LogP contribution in [0.1, 0.15) is 16.7 Å². The SMILES string of the molecule is N#C/C(=C\c1ccc(Cc2cccc(F)c2)c(Br)c1)C(N)=O. The number of amides is 1. The first kappa shape index (κ1) is 15.9. The van der Waals surface area contributed by atoms with Crippen LogP contribution in [-0.4, -0.2) is 5.91 Å². The van der Waals surface area contributed by atoms with Crippen LogP contribution in [0.3, 0.4) is 0 Å². The van der Waals surface area contributed by atoms with E-state index >= 15 is 0 Å². The Balaban J connectivity index is 2.27. The van der Waals surface area contributed by atoms with Gasteiger partial charge in [0.25, 0.3) is 5.91 Å². The number of rotatable bonds is 4. The van der Waals surface area contributed by atoms with Crippen LogP contribution in [0.25, 0.3) is 6.08 Å². The van der Waals surface area contributed by atoms with Crippen molar-refractivity contribution in [1.82, 2.24) is 0 Å². The van der Waals surface area contributed by atoms with Crippen LogP contribution < -0.4 is 5.73 Å². The number of hydrogen-bond donors (Lipinski definition) is 1. The van der Waals surface area contributed by atoms with E-state index in [0.717, 1.165) is 15.6 Å². The van der Waals surface area contributed by atoms with Crippen LogP contribution >= 0.6 is 15.9 Å². The lowest BCUT2D eigenvalue weighted by Gasteiger charge is -2.06. The van der Waals surface area contributed by atoms with E-state index in [2.05, 4.69) is 15.9 Å². The van der Waals surface area contributed by atoms with E-state index in [1.165, 1.54) is 18.2 Å². The number of nitrogens with two attached hydrogens (primary N) is 1. The minimum Gasteiger partial charge on any atom is -0.365 e. The standard InChI is InChI=1S/C17H12BrFN2O/c18-16-9-12(7-14(10-20)17(21)22)4-5-13(16)6-11-2-1-3-15(19)8-11/h1-5,7-9H,6H2,(H2,21,22)/b14-7+. The Kier molecular flexibility index (Phi) is 5.08. The molecule has 0 aliphatic carbocycles. The lowest BCUT2D eigenvalue weighted by atomic mass is 10.0. The van der Waals surface area contributed by atoms with Crippen molar-refractivity contribution in [2.75, 3.05) is 0 Å². The van der Waals surface area contributed by atoms with Gasteiger partial charge < -0.3 is 5.73 Å². The molecular weight excluding hydrogens is 347 g/mol. The molecule has 0 saturated carbocycles. The Labute approximate surface area is 136 Å². The molecule has 0 radical (unpaired) electrons. The molecule has 2 aromatic carbocycles. The second kappa shape index (κ2) is 7.01. The Morgan fingerprint density at radius 1 is 1.32 bits per heavy atom. The molecule has 0 saturated heterocycles. The molecule has 0 aliphatic rings. The molecule has 0 fully saturated rings. The number of nitriles is 1. The van der Waals surface area contributed by atoms with Crippen molar-refractivity contribution in [1.29, 1.82) is 5.26 Å². The zero-order valence-corrected chi connectivity index (χ0v) is 13.1. The first-order valence-electron chi connectivity index (χ1n) is 6.44. The predicted molar refractivity (Wildman–Crippen MR) is 86.1 cm³/mol. The highest BCUT2D eigenvalue weighted by molar-refractivity contribution is 9.10. The summed E-state index contributed by atoms with van der Waals surface area (Å²) in [7, 11) is 0. The molecule has 1 amide bonds. The molecule has 110 valence electrons. The molecule has 0 heterocycles. The van der Waals surface area contributed by atoms with Gasteiger partial charge in [-0.3, -0.25) is 4.79 Å². The molecule has 2 aromatic rings. The average Bonchev–Trinajstić information content (AvgIpc) is 2.47. The molecule has 0 aromatic heterocycles. The summed E-state index contributed by atoms with van der Waals surface area (Å²) in [4.78, 5) is 11.0. The Morgan fingerprint density at radius 2 is 2.09 bits per heavy atom. The van der Waals surface area contributed by atoms with Gasteiger partial charge in [0.05, 0.1) is 0 Å². The number of carbonyl (C=O) groups is 1. The third-order valence-corrected chi connectivity index (χ3v) is 3.80. The molecule has 0 atom stereocenters. The Hall–Kier alpha value is -2.45. The van der Waals surface area contributed by atoms with Gasteiger partial charge in [-0.25, -0.2) is 4.39 Å². The molecule has 2 N–H and O–H groups in total. The number of primary amides is 1. The second-order valence-electron chi connectivity index (χ2n) is 4.69. The maximum atomic E-state index is 13.2. The summed E-state index contributed by atoms with van der Waals surface area (Å²) < 4.78 is 14.0. The maximum absolute atomic E-state index is 13.2. The molecule has 0 bridgehead atoms. The van der Waals surface area contributed by atoms with Crippen LogP contribution in [0.4, 0.5) is 4.39 Å². The van der Waals surface area contributed by atoms with Gasteiger partial charge in [0.1, 0.15) is 17.5 Å². The van der Waals surface area contributed by atoms with Crippen LogP contribution in [0.2, 0.25) is 0 Å². The van der Waals surface area contributed by atoms with Gasteiger partial charge in [0, 0.05) is 4.47 Å². The third kappa shape index (κ3) is 4.03. The monoisotopic (exact) mass is 358 g/mol. The highest BCUT2D eigenvalue weighted by Gasteiger charge is 2.06. The summed E-state index contributed by atoms with van der Waals surface area (Å²) in [5, 5.41) is 8.84. The minimum atomic E-state index is -0.762. The molecule has 0 unspecified atom stereocenters. The van der Waals surface area contributed by atoms with Crippen molar-refractivity contribution >= 4 is 27.9 Å². The molecular formula is C17H12BrFN2O. The van der Waals surface area contributed by atoms with E-state index < -0.39 is 5.91 Å². The van der Waals surface area contributed by atoms with Crippen LogP contribution in [0.15, 0.2) is 52.5 Å². The van der Waals surface area contributed by atoms with Crippen LogP contribution in [0.5, 0.6) is 0 Å². The van der Waals surface area contributed by atoms with Crippen molar-refractivity contribution in [3.8, 4) is 6.07 Å². The molecule has 2 rings (SSSR count). The topological polar surface area (TPSA) is 66.9 Å². The number of halogens is 2. The maximum Gasteiger partial charge on any atom is 0.259 e. The molecule has 5 heteroatoms. The van der Waals surface area contributed by atoms with Gasteiger partial charge in [-0.15, -0.1) is 0 Å². The Morgan fingerprint density at radius 3 is 2.68 bits per heavy atom. The average molecular weight is 359 g/mol. The largest absolute Gasteiger partial charge is 0.365 e. The van der Waals surface area contributed by atoms with E-state index in [9.17, 15) is 9.18 Å². The third-order valence-electron chi connectivity index (χ3n) is 3.06. The lowest BCUT2D eigenvalue weighted by Crippen LogP contribution is -2.12. The number of nitrogens with zero attached hydrogens (tertiary/aromatic N) is 1. The van der Waals surface area contributed by atoms with E-state index in [0.29, 0.717) is 12.0 Å². The first-order chi connectivity index (χ1) is 10.5. The van der Waals surface area contributed by atoms with Crippen LogP contribution in [-0.2, 0) is 11.2 Å². The summed E-state index contributed by atoms with van der Waals surface area (Å²) in [6, 6.07) is 13.6. The van der Waals surface area contributed by atoms with Gasteiger partial charge >= 0.3 is 0 Å². The summed E-state index contributed by atoms with van der Waals surface area (Å²) in [5.74, 6) is -1.03. The summed E-state index contributed by atoms with van der Waals surface area (Å²) in [6.07, 6.45) is 2.00. The second-order valence-corrected chi connectivity index (χ2v) is 5.55. The highest BCUT2D eigenvalue weighted by atomic mass is 79.9. The fourth-order valence-corrected chi connectivity index (χ4v) is 2.53. The van der Waals surface area contributed by atoms with Gasteiger partial charge in [0.15, 0.2) is 0 Å². The number of hydrogen-bond acceptors (Lipinski definition) is 2. The highest BCUT2D eigenvalue weighted by Crippen LogP contribution is 2.23. The van der Waals surface area contributed by atoms with Gasteiger partial charge in [-0.05, 0) is 47.4 Å². The first-order valence-corrected chi connectivity index (χ1v) is 7.23. The molecule has 0 spiro atoms. The van der Waals surface area contributed by atoms with Crippen LogP contribution in [0, 0.1) is 17.1 Å². The lowest BCUT2D eigenvalue weighted by molar-refractivity contribution is -0.114. The molecule has 0 aliphatic heterocycles. The fraction of sp³-hybridized carbons (Fsp3) is 0.0588. The van der Waals surface area contributed by atoms with E-state index in [-0.39, 0.29) is 11.4 Å². The zero-order chi connectivity index (χ0) is 16.1. The van der Waals surface area contributed by atoms with Crippen molar-refractivity contribution in [2.45, 2.75) is 6.42 Å². The Bertz CT molecular complexity index is 793. The van der Waals surface area contributed by atoms with Crippen molar-refractivity contribution in [2.24, 2.45) is 5.73 Å². The summed E-state index contributed by atoms with van der Waals surface area (Å²) in [5.41, 5.74) is 7.51. The van der Waals surface area contributed by atoms with Crippen molar-refractivity contribution in [3.05, 3.63) is 75.0 Å². The number of carbonyl (C=O) groups excluding carboxylic acids is 1.